The van der Waals surface area contributed by atoms with Gasteiger partial charge in [-0.15, -0.1) is 0 Å². The fraction of sp³-hybridized carbons (Fsp3) is 0.545. The third-order valence-corrected chi connectivity index (χ3v) is 6.17. The number of aromatic nitrogens is 4. The zero-order valence-electron chi connectivity index (χ0n) is 16.8. The van der Waals surface area contributed by atoms with Gasteiger partial charge >= 0.3 is 0 Å². The van der Waals surface area contributed by atoms with Crippen molar-refractivity contribution in [1.29, 1.82) is 0 Å². The van der Waals surface area contributed by atoms with Crippen molar-refractivity contribution in [2.24, 2.45) is 7.05 Å². The summed E-state index contributed by atoms with van der Waals surface area (Å²) in [6.45, 7) is 6.99. The smallest absolute Gasteiger partial charge is 0.137 e. The molecule has 1 saturated carbocycles. The molecule has 0 aliphatic heterocycles. The Morgan fingerprint density at radius 3 is 2.67 bits per heavy atom. The number of hydrogen-bond acceptors (Lipinski definition) is 3. The highest BCUT2D eigenvalue weighted by atomic mass is 15.2. The number of nitrogens with one attached hydrogen (secondary N) is 1. The highest BCUT2D eigenvalue weighted by Gasteiger charge is 2.26. The minimum absolute atomic E-state index is 0.634. The van der Waals surface area contributed by atoms with Gasteiger partial charge in [-0.3, -0.25) is 4.68 Å². The third-order valence-electron chi connectivity index (χ3n) is 6.17. The van der Waals surface area contributed by atoms with Crippen molar-refractivity contribution in [3.8, 4) is 11.1 Å². The molecule has 3 heterocycles. The van der Waals surface area contributed by atoms with Crippen LogP contribution in [0, 0.1) is 0 Å². The van der Waals surface area contributed by atoms with Crippen LogP contribution in [0.1, 0.15) is 57.4 Å². The van der Waals surface area contributed by atoms with Crippen LogP contribution in [0.25, 0.3) is 22.2 Å². The van der Waals surface area contributed by atoms with Crippen molar-refractivity contribution in [2.45, 2.75) is 57.9 Å². The normalized spacial score (nSPS) is 20.6. The average molecular weight is 366 g/mol. The molecule has 1 aliphatic carbocycles. The lowest BCUT2D eigenvalue weighted by Crippen LogP contribution is -2.38. The van der Waals surface area contributed by atoms with Gasteiger partial charge in [-0.25, -0.2) is 4.98 Å². The van der Waals surface area contributed by atoms with Crippen molar-refractivity contribution < 1.29 is 0 Å². The first kappa shape index (κ1) is 18.2. The Morgan fingerprint density at radius 1 is 1.19 bits per heavy atom. The van der Waals surface area contributed by atoms with Crippen molar-refractivity contribution in [1.82, 2.24) is 24.6 Å². The molecule has 0 amide bonds. The van der Waals surface area contributed by atoms with Crippen molar-refractivity contribution >= 4 is 11.0 Å². The van der Waals surface area contributed by atoms with Gasteiger partial charge in [0.05, 0.1) is 6.20 Å². The Balaban J connectivity index is 1.53. The van der Waals surface area contributed by atoms with Crippen LogP contribution >= 0.6 is 0 Å². The molecule has 0 bridgehead atoms. The molecule has 3 aromatic rings. The van der Waals surface area contributed by atoms with E-state index in [1.807, 2.05) is 17.9 Å². The molecule has 0 saturated heterocycles. The lowest BCUT2D eigenvalue weighted by atomic mass is 9.81. The molecule has 5 heteroatoms. The number of fused-ring (bicyclic) bond motifs is 1. The van der Waals surface area contributed by atoms with Gasteiger partial charge < -0.3 is 9.88 Å². The molecule has 0 spiro atoms. The lowest BCUT2D eigenvalue weighted by molar-refractivity contribution is 0.156. The van der Waals surface area contributed by atoms with E-state index in [1.165, 1.54) is 61.7 Å². The average Bonchev–Trinajstić information content (AvgIpc) is 3.31. The van der Waals surface area contributed by atoms with E-state index in [4.69, 9.17) is 4.98 Å². The fourth-order valence-corrected chi connectivity index (χ4v) is 4.70. The summed E-state index contributed by atoms with van der Waals surface area (Å²) in [5, 5.41) is 5.53. The summed E-state index contributed by atoms with van der Waals surface area (Å²) in [5.41, 5.74) is 4.70. The Bertz CT molecular complexity index is 885. The fourth-order valence-electron chi connectivity index (χ4n) is 4.70. The molecule has 1 fully saturated rings. The molecule has 27 heavy (non-hydrogen) atoms. The number of aryl methyl sites for hydroxylation is 1. The standard InChI is InChI=1S/C22H31N5/c1-4-10-27(5-2)19-8-6-16(7-9-19)17-11-20-21(14-24-22(20)23-12-17)18-13-25-26(3)15-18/h11-16,19H,4-10H2,1-3H3,(H,23,24)/t16-,19-. The van der Waals surface area contributed by atoms with Gasteiger partial charge in [-0.05, 0) is 62.7 Å². The highest BCUT2D eigenvalue weighted by molar-refractivity contribution is 5.93. The van der Waals surface area contributed by atoms with Gasteiger partial charge in [0.1, 0.15) is 5.65 Å². The van der Waals surface area contributed by atoms with E-state index < -0.39 is 0 Å². The Kier molecular flexibility index (Phi) is 5.30. The van der Waals surface area contributed by atoms with Crippen LogP contribution in [0.4, 0.5) is 0 Å². The number of rotatable bonds is 6. The summed E-state index contributed by atoms with van der Waals surface area (Å²) in [5.74, 6) is 0.634. The topological polar surface area (TPSA) is 49.7 Å². The molecule has 5 nitrogen and oxygen atoms in total. The molecule has 144 valence electrons. The molecule has 0 atom stereocenters. The van der Waals surface area contributed by atoms with E-state index >= 15 is 0 Å². The second-order valence-corrected chi connectivity index (χ2v) is 7.90. The largest absolute Gasteiger partial charge is 0.346 e. The van der Waals surface area contributed by atoms with E-state index in [-0.39, 0.29) is 0 Å². The van der Waals surface area contributed by atoms with E-state index in [2.05, 4.69) is 53.5 Å². The summed E-state index contributed by atoms with van der Waals surface area (Å²) in [6, 6.07) is 3.12. The summed E-state index contributed by atoms with van der Waals surface area (Å²) in [6.07, 6.45) is 14.5. The number of hydrogen-bond donors (Lipinski definition) is 1. The first-order valence-corrected chi connectivity index (χ1v) is 10.4. The number of aromatic amines is 1. The van der Waals surface area contributed by atoms with E-state index in [0.717, 1.165) is 17.3 Å². The Labute approximate surface area is 161 Å². The maximum atomic E-state index is 4.72. The molecule has 1 aliphatic rings. The number of pyridine rings is 1. The second-order valence-electron chi connectivity index (χ2n) is 7.90. The first-order chi connectivity index (χ1) is 13.2. The van der Waals surface area contributed by atoms with Crippen LogP contribution in [0.3, 0.4) is 0 Å². The number of nitrogens with zero attached hydrogens (tertiary/aromatic N) is 4. The summed E-state index contributed by atoms with van der Waals surface area (Å²) in [7, 11) is 1.96. The Hall–Kier alpha value is -2.14. The summed E-state index contributed by atoms with van der Waals surface area (Å²) < 4.78 is 1.85. The second kappa shape index (κ2) is 7.85. The van der Waals surface area contributed by atoms with Crippen LogP contribution in [0.2, 0.25) is 0 Å². The molecular formula is C22H31N5. The zero-order valence-corrected chi connectivity index (χ0v) is 16.8. The molecule has 0 unspecified atom stereocenters. The maximum Gasteiger partial charge on any atom is 0.137 e. The monoisotopic (exact) mass is 365 g/mol. The number of H-pyrrole nitrogens is 1. The molecule has 0 aromatic carbocycles. The van der Waals surface area contributed by atoms with Crippen LogP contribution in [-0.4, -0.2) is 43.8 Å². The third kappa shape index (κ3) is 3.65. The minimum atomic E-state index is 0.634. The quantitative estimate of drug-likeness (QED) is 0.687. The van der Waals surface area contributed by atoms with Crippen LogP contribution in [-0.2, 0) is 7.05 Å². The Morgan fingerprint density at radius 2 is 2.00 bits per heavy atom. The first-order valence-electron chi connectivity index (χ1n) is 10.4. The van der Waals surface area contributed by atoms with Gasteiger partial charge in [-0.1, -0.05) is 13.8 Å². The molecule has 3 aromatic heterocycles. The van der Waals surface area contributed by atoms with Gasteiger partial charge in [0.25, 0.3) is 0 Å². The highest BCUT2D eigenvalue weighted by Crippen LogP contribution is 2.37. The summed E-state index contributed by atoms with van der Waals surface area (Å²) >= 11 is 0. The molecule has 0 radical (unpaired) electrons. The maximum absolute atomic E-state index is 4.72. The van der Waals surface area contributed by atoms with Crippen LogP contribution in [0.5, 0.6) is 0 Å². The molecular weight excluding hydrogens is 334 g/mol. The van der Waals surface area contributed by atoms with Crippen molar-refractivity contribution in [3.63, 3.8) is 0 Å². The predicted octanol–water partition coefficient (Wildman–Crippen LogP) is 4.72. The SMILES string of the molecule is CCCN(CC)[C@H]1CC[C@H](c2cnc3[nH]cc(-c4cnn(C)c4)c3c2)CC1. The van der Waals surface area contributed by atoms with Crippen molar-refractivity contribution in [3.05, 3.63) is 36.4 Å². The van der Waals surface area contributed by atoms with E-state index in [0.29, 0.717) is 5.92 Å². The molecule has 1 N–H and O–H groups in total. The predicted molar refractivity (Wildman–Crippen MR) is 111 cm³/mol. The zero-order chi connectivity index (χ0) is 18.8. The van der Waals surface area contributed by atoms with Gasteiger partial charge in [0.2, 0.25) is 0 Å². The van der Waals surface area contributed by atoms with Gasteiger partial charge in [-0.2, -0.15) is 5.10 Å². The van der Waals surface area contributed by atoms with Gasteiger partial charge in [0, 0.05) is 48.2 Å². The lowest BCUT2D eigenvalue weighted by Gasteiger charge is -2.36. The summed E-state index contributed by atoms with van der Waals surface area (Å²) in [4.78, 5) is 10.7. The van der Waals surface area contributed by atoms with Crippen LogP contribution < -0.4 is 0 Å². The van der Waals surface area contributed by atoms with Gasteiger partial charge in [0.15, 0.2) is 0 Å². The van der Waals surface area contributed by atoms with Crippen molar-refractivity contribution in [2.75, 3.05) is 13.1 Å². The molecule has 4 rings (SSSR count). The minimum Gasteiger partial charge on any atom is -0.346 e. The van der Waals surface area contributed by atoms with E-state index in [1.54, 1.807) is 0 Å². The van der Waals surface area contributed by atoms with E-state index in [9.17, 15) is 0 Å². The van der Waals surface area contributed by atoms with Crippen LogP contribution in [0.15, 0.2) is 30.9 Å².